The molecule has 1 nitrogen and oxygen atoms in total. The van der Waals surface area contributed by atoms with Crippen LogP contribution < -0.4 is 5.32 Å². The maximum Gasteiger partial charge on any atom is 0.00310 e. The molecule has 0 atom stereocenters. The molecule has 1 aromatic carbocycles. The Bertz CT molecular complexity index is 303. The van der Waals surface area contributed by atoms with E-state index in [2.05, 4.69) is 42.2 Å². The fourth-order valence-corrected chi connectivity index (χ4v) is 1.97. The van der Waals surface area contributed by atoms with E-state index in [0.29, 0.717) is 0 Å². The van der Waals surface area contributed by atoms with E-state index in [-0.39, 0.29) is 0 Å². The molecule has 0 bridgehead atoms. The van der Waals surface area contributed by atoms with Crippen LogP contribution in [0.4, 0.5) is 0 Å². The topological polar surface area (TPSA) is 12.0 Å². The van der Waals surface area contributed by atoms with Gasteiger partial charge in [-0.1, -0.05) is 56.2 Å². The summed E-state index contributed by atoms with van der Waals surface area (Å²) in [6.45, 7) is 3.94. The number of hydrogen-bond donors (Lipinski definition) is 1. The summed E-state index contributed by atoms with van der Waals surface area (Å²) in [6.07, 6.45) is 8.96. The molecule has 0 fully saturated rings. The quantitative estimate of drug-likeness (QED) is 0.625. The lowest BCUT2D eigenvalue weighted by atomic mass is 10.0. The van der Waals surface area contributed by atoms with Crippen LogP contribution in [0.1, 0.15) is 44.1 Å². The Balaban J connectivity index is 1.93. The molecular weight excluding hydrogens is 206 g/mol. The maximum atomic E-state index is 3.94. The summed E-state index contributed by atoms with van der Waals surface area (Å²) < 4.78 is 0. The molecule has 0 spiro atoms. The van der Waals surface area contributed by atoms with Crippen molar-refractivity contribution in [3.8, 4) is 0 Å². The van der Waals surface area contributed by atoms with E-state index in [4.69, 9.17) is 0 Å². The molecule has 1 heteroatoms. The molecule has 0 radical (unpaired) electrons. The van der Waals surface area contributed by atoms with Gasteiger partial charge < -0.3 is 5.32 Å². The van der Waals surface area contributed by atoms with Gasteiger partial charge in [0.05, 0.1) is 0 Å². The Morgan fingerprint density at radius 2 is 1.65 bits per heavy atom. The van der Waals surface area contributed by atoms with Gasteiger partial charge in [-0.2, -0.15) is 0 Å². The van der Waals surface area contributed by atoms with Crippen LogP contribution in [0.3, 0.4) is 0 Å². The smallest absolute Gasteiger partial charge is 0.00310 e. The third kappa shape index (κ3) is 6.83. The molecule has 0 heterocycles. The number of nitrogens with one attached hydrogen (secondary N) is 1. The van der Waals surface area contributed by atoms with E-state index in [1.807, 2.05) is 7.05 Å². The third-order valence-electron chi connectivity index (χ3n) is 3.14. The first-order valence-electron chi connectivity index (χ1n) is 6.72. The normalized spacial score (nSPS) is 10.2. The second kappa shape index (κ2) is 8.86. The number of aryl methyl sites for hydroxylation is 1. The van der Waals surface area contributed by atoms with Crippen molar-refractivity contribution in [2.45, 2.75) is 44.9 Å². The molecule has 0 amide bonds. The van der Waals surface area contributed by atoms with E-state index in [9.17, 15) is 0 Å². The molecule has 0 aliphatic rings. The lowest BCUT2D eigenvalue weighted by molar-refractivity contribution is 0.606. The molecule has 0 aliphatic carbocycles. The summed E-state index contributed by atoms with van der Waals surface area (Å²) in [6, 6.07) is 10.8. The second-order valence-electron chi connectivity index (χ2n) is 4.61. The van der Waals surface area contributed by atoms with Crippen molar-refractivity contribution in [1.82, 2.24) is 5.32 Å². The highest BCUT2D eigenvalue weighted by atomic mass is 14.8. The van der Waals surface area contributed by atoms with Crippen LogP contribution in [0, 0.1) is 0 Å². The second-order valence-corrected chi connectivity index (χ2v) is 4.61. The van der Waals surface area contributed by atoms with Crippen LogP contribution in [0.2, 0.25) is 0 Å². The SMILES string of the molecule is C=C(CCCCCCCc1ccccc1)NC. The number of rotatable bonds is 9. The Labute approximate surface area is 106 Å². The van der Waals surface area contributed by atoms with Crippen LogP contribution in [0.5, 0.6) is 0 Å². The van der Waals surface area contributed by atoms with Gasteiger partial charge in [0.15, 0.2) is 0 Å². The lowest BCUT2D eigenvalue weighted by Crippen LogP contribution is -2.03. The van der Waals surface area contributed by atoms with Crippen molar-refractivity contribution in [2.24, 2.45) is 0 Å². The van der Waals surface area contributed by atoms with Crippen LogP contribution in [-0.4, -0.2) is 7.05 Å². The van der Waals surface area contributed by atoms with Crippen molar-refractivity contribution in [1.29, 1.82) is 0 Å². The summed E-state index contributed by atoms with van der Waals surface area (Å²) >= 11 is 0. The molecule has 1 rings (SSSR count). The molecular formula is C16H25N. The van der Waals surface area contributed by atoms with Gasteiger partial charge in [-0.3, -0.25) is 0 Å². The van der Waals surface area contributed by atoms with E-state index >= 15 is 0 Å². The van der Waals surface area contributed by atoms with E-state index < -0.39 is 0 Å². The zero-order valence-corrected chi connectivity index (χ0v) is 11.0. The van der Waals surface area contributed by atoms with Crippen LogP contribution >= 0.6 is 0 Å². The molecule has 0 aliphatic heterocycles. The summed E-state index contributed by atoms with van der Waals surface area (Å²) in [4.78, 5) is 0. The highest BCUT2D eigenvalue weighted by molar-refractivity contribution is 5.14. The van der Waals surface area contributed by atoms with Gasteiger partial charge >= 0.3 is 0 Å². The predicted octanol–water partition coefficient (Wildman–Crippen LogP) is 4.30. The standard InChI is InChI=1S/C16H25N/c1-15(17-2)11-7-4-3-5-8-12-16-13-9-6-10-14-16/h6,9-10,13-14,17H,1,3-5,7-8,11-12H2,2H3. The maximum absolute atomic E-state index is 3.94. The number of benzene rings is 1. The Morgan fingerprint density at radius 1 is 1.00 bits per heavy atom. The van der Waals surface area contributed by atoms with Crippen LogP contribution in [0.15, 0.2) is 42.6 Å². The molecule has 0 aromatic heterocycles. The third-order valence-corrected chi connectivity index (χ3v) is 3.14. The van der Waals surface area contributed by atoms with Crippen LogP contribution in [0.25, 0.3) is 0 Å². The summed E-state index contributed by atoms with van der Waals surface area (Å²) in [5.41, 5.74) is 2.63. The highest BCUT2D eigenvalue weighted by Crippen LogP contribution is 2.10. The fraction of sp³-hybridized carbons (Fsp3) is 0.500. The first-order chi connectivity index (χ1) is 8.33. The summed E-state index contributed by atoms with van der Waals surface area (Å²) in [5.74, 6) is 0. The monoisotopic (exact) mass is 231 g/mol. The molecule has 1 aromatic rings. The molecule has 1 N–H and O–H groups in total. The van der Waals surface area contributed by atoms with Gasteiger partial charge in [0.1, 0.15) is 0 Å². The Morgan fingerprint density at radius 3 is 2.35 bits per heavy atom. The largest absolute Gasteiger partial charge is 0.392 e. The first kappa shape index (κ1) is 13.8. The molecule has 0 saturated heterocycles. The van der Waals surface area contributed by atoms with Crippen LogP contribution in [-0.2, 0) is 6.42 Å². The average Bonchev–Trinajstić information content (AvgIpc) is 2.38. The first-order valence-corrected chi connectivity index (χ1v) is 6.72. The zero-order chi connectivity index (χ0) is 12.3. The van der Waals surface area contributed by atoms with Gasteiger partial charge in [0, 0.05) is 12.7 Å². The summed E-state index contributed by atoms with van der Waals surface area (Å²) in [7, 11) is 1.95. The number of allylic oxidation sites excluding steroid dienone is 1. The van der Waals surface area contributed by atoms with Gasteiger partial charge in [-0.15, -0.1) is 0 Å². The predicted molar refractivity (Wildman–Crippen MR) is 76.0 cm³/mol. The fourth-order valence-electron chi connectivity index (χ4n) is 1.97. The minimum Gasteiger partial charge on any atom is -0.392 e. The number of hydrogen-bond acceptors (Lipinski definition) is 1. The average molecular weight is 231 g/mol. The highest BCUT2D eigenvalue weighted by Gasteiger charge is 1.94. The lowest BCUT2D eigenvalue weighted by Gasteiger charge is -2.04. The molecule has 0 unspecified atom stereocenters. The van der Waals surface area contributed by atoms with E-state index in [0.717, 1.165) is 12.1 Å². The zero-order valence-electron chi connectivity index (χ0n) is 11.0. The molecule has 94 valence electrons. The van der Waals surface area contributed by atoms with E-state index in [1.165, 1.54) is 44.1 Å². The minimum absolute atomic E-state index is 1.12. The van der Waals surface area contributed by atoms with Crippen molar-refractivity contribution in [3.05, 3.63) is 48.2 Å². The van der Waals surface area contributed by atoms with Crippen molar-refractivity contribution in [2.75, 3.05) is 7.05 Å². The summed E-state index contributed by atoms with van der Waals surface area (Å²) in [5, 5.41) is 3.09. The van der Waals surface area contributed by atoms with Gasteiger partial charge in [0.2, 0.25) is 0 Å². The van der Waals surface area contributed by atoms with Gasteiger partial charge in [-0.25, -0.2) is 0 Å². The van der Waals surface area contributed by atoms with Crippen molar-refractivity contribution >= 4 is 0 Å². The van der Waals surface area contributed by atoms with Gasteiger partial charge in [0.25, 0.3) is 0 Å². The Hall–Kier alpha value is -1.24. The van der Waals surface area contributed by atoms with Crippen molar-refractivity contribution in [3.63, 3.8) is 0 Å². The van der Waals surface area contributed by atoms with Crippen molar-refractivity contribution < 1.29 is 0 Å². The van der Waals surface area contributed by atoms with Gasteiger partial charge in [-0.05, 0) is 31.2 Å². The minimum atomic E-state index is 1.12. The Kier molecular flexibility index (Phi) is 7.20. The molecule has 17 heavy (non-hydrogen) atoms. The molecule has 0 saturated carbocycles. The number of unbranched alkanes of at least 4 members (excludes halogenated alkanes) is 4. The van der Waals surface area contributed by atoms with E-state index in [1.54, 1.807) is 0 Å².